The maximum Gasteiger partial charge on any atom is -0.00360 e. The van der Waals surface area contributed by atoms with Crippen molar-refractivity contribution in [3.05, 3.63) is 47.0 Å². The van der Waals surface area contributed by atoms with Gasteiger partial charge in [-0.2, -0.15) is 0 Å². The van der Waals surface area contributed by atoms with Crippen LogP contribution in [0.5, 0.6) is 0 Å². The summed E-state index contributed by atoms with van der Waals surface area (Å²) in [4.78, 5) is 0. The summed E-state index contributed by atoms with van der Waals surface area (Å²) in [5.41, 5.74) is 4.19. The third-order valence-electron chi connectivity index (χ3n) is 3.20. The summed E-state index contributed by atoms with van der Waals surface area (Å²) >= 11 is 0. The quantitative estimate of drug-likeness (QED) is 0.537. The summed E-state index contributed by atoms with van der Waals surface area (Å²) in [6.07, 6.45) is 4.42. The smallest absolute Gasteiger partial charge is 0.00360 e. The van der Waals surface area contributed by atoms with Gasteiger partial charge in [0.15, 0.2) is 0 Å². The molecule has 15 heavy (non-hydrogen) atoms. The zero-order valence-corrected chi connectivity index (χ0v) is 9.12. The van der Waals surface area contributed by atoms with Crippen molar-refractivity contribution >= 4 is 22.9 Å². The molecule has 0 heterocycles. The van der Waals surface area contributed by atoms with E-state index in [2.05, 4.69) is 56.3 Å². The van der Waals surface area contributed by atoms with Crippen LogP contribution in [0.3, 0.4) is 0 Å². The Morgan fingerprint density at radius 2 is 1.60 bits per heavy atom. The second-order valence-corrected chi connectivity index (χ2v) is 4.50. The van der Waals surface area contributed by atoms with Crippen LogP contribution in [0, 0.1) is 0 Å². The summed E-state index contributed by atoms with van der Waals surface area (Å²) in [5, 5.41) is 2.86. The molecule has 0 N–H and O–H groups in total. The summed E-state index contributed by atoms with van der Waals surface area (Å²) in [5.74, 6) is 0.592. The molecule has 0 saturated carbocycles. The van der Waals surface area contributed by atoms with Gasteiger partial charge in [0.25, 0.3) is 0 Å². The first-order valence-electron chi connectivity index (χ1n) is 5.51. The van der Waals surface area contributed by atoms with Crippen LogP contribution in [-0.4, -0.2) is 0 Å². The molecular formula is C15H14. The van der Waals surface area contributed by atoms with E-state index >= 15 is 0 Å². The minimum absolute atomic E-state index is 0.592. The molecule has 0 aliphatic heterocycles. The molecule has 74 valence electrons. The van der Waals surface area contributed by atoms with Gasteiger partial charge in [-0.1, -0.05) is 56.3 Å². The molecule has 0 aromatic heterocycles. The highest BCUT2D eigenvalue weighted by Gasteiger charge is 2.12. The Balaban J connectivity index is 2.46. The highest BCUT2D eigenvalue weighted by atomic mass is 14.2. The van der Waals surface area contributed by atoms with Gasteiger partial charge in [-0.15, -0.1) is 0 Å². The Bertz CT molecular complexity index is 547. The van der Waals surface area contributed by atoms with Crippen LogP contribution < -0.4 is 0 Å². The molecule has 0 unspecified atom stereocenters. The fraction of sp³-hybridized carbons (Fsp3) is 0.200. The van der Waals surface area contributed by atoms with Gasteiger partial charge in [0.2, 0.25) is 0 Å². The SMILES string of the molecule is CC(C)c1ccc2c3c(cccc13)C=C2. The second kappa shape index (κ2) is 2.96. The molecule has 0 heteroatoms. The van der Waals surface area contributed by atoms with Crippen LogP contribution in [0.2, 0.25) is 0 Å². The average Bonchev–Trinajstić information content (AvgIpc) is 2.64. The summed E-state index contributed by atoms with van der Waals surface area (Å²) in [6.45, 7) is 4.51. The molecule has 2 aromatic carbocycles. The molecule has 0 spiro atoms. The molecule has 0 atom stereocenters. The molecular weight excluding hydrogens is 180 g/mol. The van der Waals surface area contributed by atoms with Crippen molar-refractivity contribution in [3.8, 4) is 0 Å². The van der Waals surface area contributed by atoms with E-state index in [1.165, 1.54) is 27.5 Å². The van der Waals surface area contributed by atoms with Crippen molar-refractivity contribution in [2.45, 2.75) is 19.8 Å². The van der Waals surface area contributed by atoms with Crippen LogP contribution in [0.1, 0.15) is 36.5 Å². The van der Waals surface area contributed by atoms with Crippen molar-refractivity contribution in [3.63, 3.8) is 0 Å². The highest BCUT2D eigenvalue weighted by molar-refractivity contribution is 6.06. The summed E-state index contributed by atoms with van der Waals surface area (Å²) in [7, 11) is 0. The topological polar surface area (TPSA) is 0 Å². The van der Waals surface area contributed by atoms with E-state index in [9.17, 15) is 0 Å². The summed E-state index contributed by atoms with van der Waals surface area (Å²) < 4.78 is 0. The highest BCUT2D eigenvalue weighted by Crippen LogP contribution is 2.35. The predicted octanol–water partition coefficient (Wildman–Crippen LogP) is 4.45. The van der Waals surface area contributed by atoms with E-state index in [4.69, 9.17) is 0 Å². The van der Waals surface area contributed by atoms with E-state index in [0.29, 0.717) is 5.92 Å². The maximum absolute atomic E-state index is 2.27. The molecule has 1 aliphatic rings. The lowest BCUT2D eigenvalue weighted by molar-refractivity contribution is 0.876. The zero-order valence-electron chi connectivity index (χ0n) is 9.12. The minimum atomic E-state index is 0.592. The average molecular weight is 194 g/mol. The molecule has 0 saturated heterocycles. The Kier molecular flexibility index (Phi) is 1.72. The number of benzene rings is 2. The van der Waals surface area contributed by atoms with Crippen LogP contribution in [0.25, 0.3) is 22.9 Å². The fourth-order valence-electron chi connectivity index (χ4n) is 2.45. The van der Waals surface area contributed by atoms with E-state index in [-0.39, 0.29) is 0 Å². The van der Waals surface area contributed by atoms with Crippen LogP contribution in [-0.2, 0) is 0 Å². The lowest BCUT2D eigenvalue weighted by atomic mass is 9.93. The molecule has 0 fully saturated rings. The summed E-state index contributed by atoms with van der Waals surface area (Å²) in [6, 6.07) is 11.1. The predicted molar refractivity (Wildman–Crippen MR) is 67.0 cm³/mol. The third kappa shape index (κ3) is 1.14. The van der Waals surface area contributed by atoms with Gasteiger partial charge in [-0.3, -0.25) is 0 Å². The van der Waals surface area contributed by atoms with Crippen molar-refractivity contribution in [1.82, 2.24) is 0 Å². The third-order valence-corrected chi connectivity index (χ3v) is 3.20. The molecule has 2 aromatic rings. The Labute approximate surface area is 90.2 Å². The number of hydrogen-bond donors (Lipinski definition) is 0. The molecule has 0 bridgehead atoms. The molecule has 0 nitrogen and oxygen atoms in total. The standard InChI is InChI=1S/C15H14/c1-10(2)13-9-8-12-7-6-11-4-3-5-14(13)15(11)12/h3-10H,1-2H3. The Hall–Kier alpha value is -1.56. The molecule has 1 aliphatic carbocycles. The maximum atomic E-state index is 2.27. The Morgan fingerprint density at radius 3 is 2.33 bits per heavy atom. The van der Waals surface area contributed by atoms with Gasteiger partial charge in [-0.05, 0) is 33.4 Å². The van der Waals surface area contributed by atoms with E-state index in [1.54, 1.807) is 0 Å². The van der Waals surface area contributed by atoms with E-state index in [1.807, 2.05) is 0 Å². The molecule has 0 radical (unpaired) electrons. The van der Waals surface area contributed by atoms with Crippen molar-refractivity contribution < 1.29 is 0 Å². The zero-order chi connectivity index (χ0) is 10.4. The van der Waals surface area contributed by atoms with Crippen LogP contribution >= 0.6 is 0 Å². The van der Waals surface area contributed by atoms with Crippen molar-refractivity contribution in [1.29, 1.82) is 0 Å². The second-order valence-electron chi connectivity index (χ2n) is 4.50. The van der Waals surface area contributed by atoms with Gasteiger partial charge >= 0.3 is 0 Å². The number of rotatable bonds is 1. The molecule has 0 amide bonds. The van der Waals surface area contributed by atoms with E-state index in [0.717, 1.165) is 0 Å². The van der Waals surface area contributed by atoms with Crippen LogP contribution in [0.15, 0.2) is 30.3 Å². The van der Waals surface area contributed by atoms with Crippen molar-refractivity contribution in [2.75, 3.05) is 0 Å². The molecule has 3 rings (SSSR count). The lowest BCUT2D eigenvalue weighted by Crippen LogP contribution is -1.90. The monoisotopic (exact) mass is 194 g/mol. The van der Waals surface area contributed by atoms with Gasteiger partial charge < -0.3 is 0 Å². The van der Waals surface area contributed by atoms with Crippen molar-refractivity contribution in [2.24, 2.45) is 0 Å². The lowest BCUT2D eigenvalue weighted by Gasteiger charge is -2.11. The number of hydrogen-bond acceptors (Lipinski definition) is 0. The van der Waals surface area contributed by atoms with E-state index < -0.39 is 0 Å². The first-order chi connectivity index (χ1) is 7.27. The minimum Gasteiger partial charge on any atom is -0.0610 e. The first kappa shape index (κ1) is 8.72. The van der Waals surface area contributed by atoms with Gasteiger partial charge in [0.1, 0.15) is 0 Å². The Morgan fingerprint density at radius 1 is 0.867 bits per heavy atom. The normalized spacial score (nSPS) is 13.0. The largest absolute Gasteiger partial charge is 0.0610 e. The van der Waals surface area contributed by atoms with Gasteiger partial charge in [0, 0.05) is 0 Å². The van der Waals surface area contributed by atoms with Gasteiger partial charge in [0.05, 0.1) is 0 Å². The first-order valence-corrected chi connectivity index (χ1v) is 5.51. The van der Waals surface area contributed by atoms with Gasteiger partial charge in [-0.25, -0.2) is 0 Å². The fourth-order valence-corrected chi connectivity index (χ4v) is 2.45. The van der Waals surface area contributed by atoms with Crippen LogP contribution in [0.4, 0.5) is 0 Å².